The molecule has 17 heavy (non-hydrogen) atoms. The Hall–Kier alpha value is -1.54. The zero-order valence-corrected chi connectivity index (χ0v) is 10.2. The van der Waals surface area contributed by atoms with Gasteiger partial charge in [0.1, 0.15) is 0 Å². The van der Waals surface area contributed by atoms with Crippen molar-refractivity contribution in [1.29, 1.82) is 0 Å². The molecule has 2 aromatic rings. The van der Waals surface area contributed by atoms with Gasteiger partial charge in [-0.25, -0.2) is 0 Å². The van der Waals surface area contributed by atoms with Crippen LogP contribution in [0.5, 0.6) is 0 Å². The molecular weight excluding hydrogens is 210 g/mol. The van der Waals surface area contributed by atoms with E-state index in [0.29, 0.717) is 6.04 Å². The van der Waals surface area contributed by atoms with Crippen molar-refractivity contribution in [1.82, 2.24) is 5.32 Å². The summed E-state index contributed by atoms with van der Waals surface area (Å²) >= 11 is 0. The second-order valence-electron chi connectivity index (χ2n) is 4.44. The van der Waals surface area contributed by atoms with Crippen molar-refractivity contribution in [3.8, 4) is 0 Å². The first-order chi connectivity index (χ1) is 8.34. The van der Waals surface area contributed by atoms with Gasteiger partial charge in [-0.3, -0.25) is 0 Å². The molecule has 1 atom stereocenters. The van der Waals surface area contributed by atoms with Crippen LogP contribution in [0.1, 0.15) is 24.5 Å². The summed E-state index contributed by atoms with van der Waals surface area (Å²) in [5.41, 5.74) is 2.61. The van der Waals surface area contributed by atoms with Gasteiger partial charge in [0, 0.05) is 18.2 Å². The van der Waals surface area contributed by atoms with Gasteiger partial charge in [-0.15, -0.1) is 0 Å². The van der Waals surface area contributed by atoms with Gasteiger partial charge in [0.15, 0.2) is 0 Å². The molecule has 0 spiro atoms. The van der Waals surface area contributed by atoms with Crippen molar-refractivity contribution < 1.29 is 4.42 Å². The van der Waals surface area contributed by atoms with Crippen LogP contribution in [-0.2, 0) is 13.0 Å². The lowest BCUT2D eigenvalue weighted by molar-refractivity contribution is 0.508. The Balaban J connectivity index is 1.69. The summed E-state index contributed by atoms with van der Waals surface area (Å²) in [6.07, 6.45) is 5.78. The van der Waals surface area contributed by atoms with E-state index in [1.165, 1.54) is 11.1 Å². The maximum absolute atomic E-state index is 5.04. The average molecular weight is 229 g/mol. The molecule has 0 aliphatic heterocycles. The average Bonchev–Trinajstić information content (AvgIpc) is 2.88. The minimum Gasteiger partial charge on any atom is -0.472 e. The highest BCUT2D eigenvalue weighted by Gasteiger charge is 2.02. The second-order valence-corrected chi connectivity index (χ2v) is 4.44. The van der Waals surface area contributed by atoms with Crippen LogP contribution in [0.15, 0.2) is 53.3 Å². The van der Waals surface area contributed by atoms with Gasteiger partial charge in [0.2, 0.25) is 0 Å². The van der Waals surface area contributed by atoms with Gasteiger partial charge in [0.05, 0.1) is 12.5 Å². The molecule has 1 aromatic heterocycles. The van der Waals surface area contributed by atoms with Crippen LogP contribution in [0, 0.1) is 0 Å². The number of rotatable bonds is 6. The molecule has 0 saturated carbocycles. The number of furan rings is 1. The Bertz CT molecular complexity index is 408. The lowest BCUT2D eigenvalue weighted by atomic mass is 10.1. The molecule has 0 amide bonds. The van der Waals surface area contributed by atoms with Crippen LogP contribution < -0.4 is 5.32 Å². The second kappa shape index (κ2) is 6.26. The van der Waals surface area contributed by atoms with E-state index in [0.717, 1.165) is 19.4 Å². The number of hydrogen-bond donors (Lipinski definition) is 1. The fraction of sp³-hybridized carbons (Fsp3) is 0.333. The molecule has 0 aliphatic carbocycles. The summed E-state index contributed by atoms with van der Waals surface area (Å²) in [6.45, 7) is 3.11. The number of nitrogens with one attached hydrogen (secondary N) is 1. The maximum atomic E-state index is 5.04. The summed E-state index contributed by atoms with van der Waals surface area (Å²) in [5.74, 6) is 0. The molecule has 1 unspecified atom stereocenters. The fourth-order valence-corrected chi connectivity index (χ4v) is 1.82. The van der Waals surface area contributed by atoms with E-state index in [4.69, 9.17) is 4.42 Å². The molecule has 1 heterocycles. The SMILES string of the molecule is CC(CCc1ccccc1)NCc1ccoc1. The first-order valence-corrected chi connectivity index (χ1v) is 6.13. The highest BCUT2D eigenvalue weighted by molar-refractivity contribution is 5.14. The van der Waals surface area contributed by atoms with Gasteiger partial charge < -0.3 is 9.73 Å². The molecular formula is C15H19NO. The van der Waals surface area contributed by atoms with Gasteiger partial charge in [-0.2, -0.15) is 0 Å². The molecule has 0 saturated heterocycles. The summed E-state index contributed by atoms with van der Waals surface area (Å²) in [4.78, 5) is 0. The Morgan fingerprint density at radius 3 is 2.65 bits per heavy atom. The molecule has 2 heteroatoms. The van der Waals surface area contributed by atoms with E-state index in [9.17, 15) is 0 Å². The lowest BCUT2D eigenvalue weighted by Crippen LogP contribution is -2.25. The van der Waals surface area contributed by atoms with E-state index in [2.05, 4.69) is 42.6 Å². The highest BCUT2D eigenvalue weighted by Crippen LogP contribution is 2.06. The molecule has 1 aromatic carbocycles. The quantitative estimate of drug-likeness (QED) is 0.821. The molecule has 0 bridgehead atoms. The predicted octanol–water partition coefficient (Wildman–Crippen LogP) is 3.39. The third-order valence-electron chi connectivity index (χ3n) is 2.94. The Kier molecular flexibility index (Phi) is 4.39. The highest BCUT2D eigenvalue weighted by atomic mass is 16.3. The van der Waals surface area contributed by atoms with Crippen LogP contribution in [0.4, 0.5) is 0 Å². The monoisotopic (exact) mass is 229 g/mol. The number of hydrogen-bond acceptors (Lipinski definition) is 2. The van der Waals surface area contributed by atoms with Crippen LogP contribution >= 0.6 is 0 Å². The van der Waals surface area contributed by atoms with Gasteiger partial charge in [-0.05, 0) is 31.4 Å². The lowest BCUT2D eigenvalue weighted by Gasteiger charge is -2.12. The topological polar surface area (TPSA) is 25.2 Å². The van der Waals surface area contributed by atoms with Crippen molar-refractivity contribution in [3.05, 3.63) is 60.1 Å². The minimum absolute atomic E-state index is 0.519. The Morgan fingerprint density at radius 2 is 1.94 bits per heavy atom. The number of benzene rings is 1. The fourth-order valence-electron chi connectivity index (χ4n) is 1.82. The zero-order valence-electron chi connectivity index (χ0n) is 10.2. The summed E-state index contributed by atoms with van der Waals surface area (Å²) in [5, 5.41) is 3.50. The zero-order chi connectivity index (χ0) is 11.9. The summed E-state index contributed by atoms with van der Waals surface area (Å²) in [7, 11) is 0. The first-order valence-electron chi connectivity index (χ1n) is 6.13. The standard InChI is InChI=1S/C15H19NO/c1-13(16-11-15-9-10-17-12-15)7-8-14-5-3-2-4-6-14/h2-6,9-10,12-13,16H,7-8,11H2,1H3. The molecule has 2 rings (SSSR count). The third kappa shape index (κ3) is 4.08. The largest absolute Gasteiger partial charge is 0.472 e. The first kappa shape index (κ1) is 11.9. The summed E-state index contributed by atoms with van der Waals surface area (Å²) in [6, 6.07) is 13.1. The van der Waals surface area contributed by atoms with Crippen LogP contribution in [0.2, 0.25) is 0 Å². The van der Waals surface area contributed by atoms with Crippen LogP contribution in [0.25, 0.3) is 0 Å². The van der Waals surface area contributed by atoms with Crippen LogP contribution in [0.3, 0.4) is 0 Å². The van der Waals surface area contributed by atoms with Crippen molar-refractivity contribution in [3.63, 3.8) is 0 Å². The van der Waals surface area contributed by atoms with E-state index in [-0.39, 0.29) is 0 Å². The van der Waals surface area contributed by atoms with Crippen LogP contribution in [-0.4, -0.2) is 6.04 Å². The molecule has 1 N–H and O–H groups in total. The van der Waals surface area contributed by atoms with Gasteiger partial charge >= 0.3 is 0 Å². The maximum Gasteiger partial charge on any atom is 0.0947 e. The molecule has 90 valence electrons. The molecule has 2 nitrogen and oxygen atoms in total. The van der Waals surface area contributed by atoms with Crippen molar-refractivity contribution >= 4 is 0 Å². The predicted molar refractivity (Wildman–Crippen MR) is 69.8 cm³/mol. The molecule has 0 radical (unpaired) electrons. The van der Waals surface area contributed by atoms with E-state index < -0.39 is 0 Å². The van der Waals surface area contributed by atoms with Crippen molar-refractivity contribution in [2.45, 2.75) is 32.4 Å². The normalized spacial score (nSPS) is 12.5. The van der Waals surface area contributed by atoms with Gasteiger partial charge in [0.25, 0.3) is 0 Å². The van der Waals surface area contributed by atoms with Gasteiger partial charge in [-0.1, -0.05) is 30.3 Å². The van der Waals surface area contributed by atoms with E-state index in [1.54, 1.807) is 12.5 Å². The smallest absolute Gasteiger partial charge is 0.0947 e. The third-order valence-corrected chi connectivity index (χ3v) is 2.94. The van der Waals surface area contributed by atoms with E-state index >= 15 is 0 Å². The Morgan fingerprint density at radius 1 is 1.12 bits per heavy atom. The molecule has 0 fully saturated rings. The molecule has 0 aliphatic rings. The number of aryl methyl sites for hydroxylation is 1. The summed E-state index contributed by atoms with van der Waals surface area (Å²) < 4.78 is 5.04. The van der Waals surface area contributed by atoms with Crippen molar-refractivity contribution in [2.75, 3.05) is 0 Å². The van der Waals surface area contributed by atoms with E-state index in [1.807, 2.05) is 6.07 Å². The Labute approximate surface area is 103 Å². The minimum atomic E-state index is 0.519. The van der Waals surface area contributed by atoms with Crippen molar-refractivity contribution in [2.24, 2.45) is 0 Å².